The zero-order valence-corrected chi connectivity index (χ0v) is 18.3. The number of carbonyl (C=O) groups is 2. The number of anilines is 2. The largest absolute Gasteiger partial charge is 0.455 e. The van der Waals surface area contributed by atoms with Crippen molar-refractivity contribution >= 4 is 23.4 Å². The van der Waals surface area contributed by atoms with Gasteiger partial charge in [-0.2, -0.15) is 5.26 Å². The lowest BCUT2D eigenvalue weighted by Crippen LogP contribution is -2.50. The second-order valence-corrected chi connectivity index (χ2v) is 8.23. The molecule has 33 heavy (non-hydrogen) atoms. The van der Waals surface area contributed by atoms with Crippen molar-refractivity contribution in [1.29, 1.82) is 5.26 Å². The number of pyridine rings is 1. The minimum absolute atomic E-state index is 0.193. The molecule has 8 nitrogen and oxygen atoms in total. The van der Waals surface area contributed by atoms with Crippen molar-refractivity contribution in [2.75, 3.05) is 55.7 Å². The van der Waals surface area contributed by atoms with Crippen molar-refractivity contribution in [1.82, 2.24) is 9.88 Å². The molecule has 0 atom stereocenters. The van der Waals surface area contributed by atoms with Crippen molar-refractivity contribution in [3.8, 4) is 6.07 Å². The molecular weight excluding hydrogens is 425 g/mol. The average Bonchev–Trinajstić information content (AvgIpc) is 2.88. The topological polar surface area (TPSA) is 89.8 Å². The molecule has 4 rings (SSSR count). The van der Waals surface area contributed by atoms with Crippen molar-refractivity contribution in [3.63, 3.8) is 0 Å². The van der Waals surface area contributed by atoms with Gasteiger partial charge in [-0.3, -0.25) is 9.59 Å². The highest BCUT2D eigenvalue weighted by Gasteiger charge is 2.28. The molecule has 0 N–H and O–H groups in total. The molecule has 2 fully saturated rings. The summed E-state index contributed by atoms with van der Waals surface area (Å²) in [5, 5.41) is 8.88. The maximum absolute atomic E-state index is 13.1. The van der Waals surface area contributed by atoms with E-state index in [-0.39, 0.29) is 30.2 Å². The summed E-state index contributed by atoms with van der Waals surface area (Å²) in [5.41, 5.74) is 1.44. The molecule has 3 heterocycles. The SMILES string of the molecule is N#Cc1ccc(N2CCC(C(=O)OCC(=O)N3CCN(c4ccc(F)cc4)CC3)CC2)nc1. The third kappa shape index (κ3) is 5.58. The number of piperidine rings is 1. The summed E-state index contributed by atoms with van der Waals surface area (Å²) in [6, 6.07) is 11.9. The van der Waals surface area contributed by atoms with E-state index in [1.165, 1.54) is 12.1 Å². The Balaban J connectivity index is 1.18. The van der Waals surface area contributed by atoms with E-state index >= 15 is 0 Å². The van der Waals surface area contributed by atoms with Gasteiger partial charge in [-0.05, 0) is 49.2 Å². The van der Waals surface area contributed by atoms with E-state index in [0.717, 1.165) is 11.5 Å². The number of amides is 1. The van der Waals surface area contributed by atoms with Crippen LogP contribution in [0.15, 0.2) is 42.6 Å². The van der Waals surface area contributed by atoms with Gasteiger partial charge in [0.15, 0.2) is 6.61 Å². The Labute approximate surface area is 192 Å². The smallest absolute Gasteiger partial charge is 0.309 e. The first kappa shape index (κ1) is 22.5. The maximum Gasteiger partial charge on any atom is 0.309 e. The molecule has 1 amide bonds. The van der Waals surface area contributed by atoms with Crippen molar-refractivity contribution in [2.45, 2.75) is 12.8 Å². The van der Waals surface area contributed by atoms with Gasteiger partial charge in [0, 0.05) is 51.2 Å². The van der Waals surface area contributed by atoms with Crippen LogP contribution < -0.4 is 9.80 Å². The molecule has 0 bridgehead atoms. The van der Waals surface area contributed by atoms with Crippen molar-refractivity contribution in [2.24, 2.45) is 5.92 Å². The van der Waals surface area contributed by atoms with Crippen molar-refractivity contribution in [3.05, 3.63) is 54.0 Å². The predicted molar refractivity (Wildman–Crippen MR) is 120 cm³/mol. The highest BCUT2D eigenvalue weighted by molar-refractivity contribution is 5.81. The number of piperazine rings is 1. The Bertz CT molecular complexity index is 1010. The minimum atomic E-state index is -0.333. The predicted octanol–water partition coefficient (Wildman–Crippen LogP) is 2.20. The molecule has 0 aliphatic carbocycles. The molecule has 2 aliphatic heterocycles. The first-order valence-electron chi connectivity index (χ1n) is 11.1. The van der Waals surface area contributed by atoms with Gasteiger partial charge in [0.2, 0.25) is 0 Å². The third-order valence-corrected chi connectivity index (χ3v) is 6.19. The summed E-state index contributed by atoms with van der Waals surface area (Å²) in [7, 11) is 0. The lowest BCUT2D eigenvalue weighted by atomic mass is 9.97. The molecule has 2 aliphatic rings. The Morgan fingerprint density at radius 1 is 1.00 bits per heavy atom. The molecule has 1 aromatic carbocycles. The Kier molecular flexibility index (Phi) is 7.03. The van der Waals surface area contributed by atoms with Crippen LogP contribution in [0.4, 0.5) is 15.9 Å². The molecule has 0 spiro atoms. The van der Waals surface area contributed by atoms with Gasteiger partial charge >= 0.3 is 5.97 Å². The van der Waals surface area contributed by atoms with Crippen LogP contribution in [-0.2, 0) is 14.3 Å². The van der Waals surface area contributed by atoms with Gasteiger partial charge in [0.25, 0.3) is 5.91 Å². The van der Waals surface area contributed by atoms with E-state index < -0.39 is 0 Å². The maximum atomic E-state index is 13.1. The summed E-state index contributed by atoms with van der Waals surface area (Å²) in [4.78, 5) is 35.2. The zero-order valence-electron chi connectivity index (χ0n) is 18.3. The molecule has 0 unspecified atom stereocenters. The number of nitrogens with zero attached hydrogens (tertiary/aromatic N) is 5. The number of aromatic nitrogens is 1. The van der Waals surface area contributed by atoms with Gasteiger partial charge in [-0.15, -0.1) is 0 Å². The number of halogens is 1. The lowest BCUT2D eigenvalue weighted by molar-refractivity contribution is -0.156. The molecule has 9 heteroatoms. The number of nitriles is 1. The fraction of sp³-hybridized carbons (Fsp3) is 0.417. The summed E-state index contributed by atoms with van der Waals surface area (Å²) < 4.78 is 18.4. The van der Waals surface area contributed by atoms with E-state index in [1.807, 2.05) is 12.1 Å². The van der Waals surface area contributed by atoms with Gasteiger partial charge in [-0.25, -0.2) is 9.37 Å². The zero-order chi connectivity index (χ0) is 23.2. The fourth-order valence-electron chi connectivity index (χ4n) is 4.19. The molecule has 0 saturated carbocycles. The monoisotopic (exact) mass is 451 g/mol. The number of benzene rings is 1. The Hall–Kier alpha value is -3.67. The quantitative estimate of drug-likeness (QED) is 0.644. The summed E-state index contributed by atoms with van der Waals surface area (Å²) in [6.45, 7) is 3.44. The second-order valence-electron chi connectivity index (χ2n) is 8.23. The van der Waals surface area contributed by atoms with Crippen LogP contribution >= 0.6 is 0 Å². The summed E-state index contributed by atoms with van der Waals surface area (Å²) in [6.07, 6.45) is 2.80. The molecular formula is C24H26FN5O3. The van der Waals surface area contributed by atoms with Crippen LogP contribution in [-0.4, -0.2) is 67.6 Å². The van der Waals surface area contributed by atoms with E-state index in [0.29, 0.717) is 57.7 Å². The number of carbonyl (C=O) groups excluding carboxylic acids is 2. The van der Waals surface area contributed by atoms with Crippen LogP contribution in [0.3, 0.4) is 0 Å². The normalized spacial score (nSPS) is 16.9. The average molecular weight is 452 g/mol. The van der Waals surface area contributed by atoms with E-state index in [4.69, 9.17) is 10.00 Å². The number of esters is 1. The van der Waals surface area contributed by atoms with Crippen molar-refractivity contribution < 1.29 is 18.7 Å². The summed E-state index contributed by atoms with van der Waals surface area (Å²) in [5.74, 6) is -0.244. The molecule has 0 radical (unpaired) electrons. The fourth-order valence-corrected chi connectivity index (χ4v) is 4.19. The highest BCUT2D eigenvalue weighted by Crippen LogP contribution is 2.23. The highest BCUT2D eigenvalue weighted by atomic mass is 19.1. The van der Waals surface area contributed by atoms with Gasteiger partial charge in [-0.1, -0.05) is 0 Å². The van der Waals surface area contributed by atoms with Gasteiger partial charge in [0.05, 0.1) is 11.5 Å². The third-order valence-electron chi connectivity index (χ3n) is 6.19. The Morgan fingerprint density at radius 3 is 2.30 bits per heavy atom. The van der Waals surface area contributed by atoms with Gasteiger partial charge in [0.1, 0.15) is 17.7 Å². The molecule has 172 valence electrons. The number of ether oxygens (including phenoxy) is 1. The van der Waals surface area contributed by atoms with Gasteiger partial charge < -0.3 is 19.4 Å². The van der Waals surface area contributed by atoms with E-state index in [9.17, 15) is 14.0 Å². The van der Waals surface area contributed by atoms with E-state index in [2.05, 4.69) is 14.8 Å². The second kappa shape index (κ2) is 10.3. The lowest BCUT2D eigenvalue weighted by Gasteiger charge is -2.36. The van der Waals surface area contributed by atoms with Crippen LogP contribution in [0.5, 0.6) is 0 Å². The van der Waals surface area contributed by atoms with E-state index in [1.54, 1.807) is 29.3 Å². The molecule has 2 saturated heterocycles. The van der Waals surface area contributed by atoms with Crippen LogP contribution in [0, 0.1) is 23.1 Å². The van der Waals surface area contributed by atoms with Crippen LogP contribution in [0.25, 0.3) is 0 Å². The summed E-state index contributed by atoms with van der Waals surface area (Å²) >= 11 is 0. The number of hydrogen-bond acceptors (Lipinski definition) is 7. The Morgan fingerprint density at radius 2 is 1.70 bits per heavy atom. The number of hydrogen-bond donors (Lipinski definition) is 0. The first-order chi connectivity index (χ1) is 16.0. The van der Waals surface area contributed by atoms with Crippen LogP contribution in [0.2, 0.25) is 0 Å². The molecule has 2 aromatic rings. The first-order valence-corrected chi connectivity index (χ1v) is 11.1. The standard InChI is InChI=1S/C24H26FN5O3/c25-20-2-4-21(5-3-20)28-11-13-30(14-12-28)23(31)17-33-24(32)19-7-9-29(10-8-19)22-6-1-18(15-26)16-27-22/h1-6,16,19H,7-14,17H2. The minimum Gasteiger partial charge on any atom is -0.455 e. The molecule has 1 aromatic heterocycles. The van der Waals surface area contributed by atoms with Crippen LogP contribution in [0.1, 0.15) is 18.4 Å². The number of rotatable bonds is 5.